The van der Waals surface area contributed by atoms with Crippen LogP contribution in [-0.4, -0.2) is 12.9 Å². The van der Waals surface area contributed by atoms with E-state index >= 15 is 0 Å². The Morgan fingerprint density at radius 2 is 1.91 bits per heavy atom. The highest BCUT2D eigenvalue weighted by atomic mass is 16.5. The molecule has 0 spiro atoms. The first-order chi connectivity index (χ1) is 10.5. The molecule has 0 saturated carbocycles. The van der Waals surface area contributed by atoms with Gasteiger partial charge in [0.1, 0.15) is 5.78 Å². The molecule has 0 bridgehead atoms. The summed E-state index contributed by atoms with van der Waals surface area (Å²) in [5.74, 6) is 1.94. The van der Waals surface area contributed by atoms with Gasteiger partial charge in [0.2, 0.25) is 0 Å². The van der Waals surface area contributed by atoms with Crippen molar-refractivity contribution < 1.29 is 9.53 Å². The monoisotopic (exact) mass is 296 g/mol. The van der Waals surface area contributed by atoms with Crippen molar-refractivity contribution in [2.75, 3.05) is 7.11 Å². The largest absolute Gasteiger partial charge is 0.501 e. The lowest BCUT2D eigenvalue weighted by Gasteiger charge is -2.48. The van der Waals surface area contributed by atoms with E-state index in [0.29, 0.717) is 18.1 Å². The number of ketones is 1. The number of Topliss-reactive ketones (excluding diaryl/α,β-unsaturated/α-hetero) is 1. The molecule has 1 unspecified atom stereocenters. The summed E-state index contributed by atoms with van der Waals surface area (Å²) in [4.78, 5) is 12.3. The lowest BCUT2D eigenvalue weighted by molar-refractivity contribution is -0.124. The molecule has 0 aromatic carbocycles. The summed E-state index contributed by atoms with van der Waals surface area (Å²) in [5, 5.41) is 0. The minimum Gasteiger partial charge on any atom is -0.501 e. The number of ether oxygens (including phenoxy) is 1. The fraction of sp³-hybridized carbons (Fsp3) is 0.550. The van der Waals surface area contributed by atoms with Crippen LogP contribution in [0.2, 0.25) is 0 Å². The minimum absolute atomic E-state index is 0.124. The molecule has 0 heterocycles. The van der Waals surface area contributed by atoms with E-state index < -0.39 is 0 Å². The predicted octanol–water partition coefficient (Wildman–Crippen LogP) is 4.50. The molecule has 0 aromatic rings. The van der Waals surface area contributed by atoms with Gasteiger partial charge >= 0.3 is 0 Å². The number of carbonyl (C=O) groups is 1. The summed E-state index contributed by atoms with van der Waals surface area (Å²) in [6.45, 7) is 4.52. The maximum Gasteiger partial charge on any atom is 0.146 e. The second kappa shape index (κ2) is 4.47. The molecule has 0 N–H and O–H groups in total. The Morgan fingerprint density at radius 1 is 1.14 bits per heavy atom. The molecule has 2 nitrogen and oxygen atoms in total. The first-order valence-electron chi connectivity index (χ1n) is 8.38. The van der Waals surface area contributed by atoms with Crippen molar-refractivity contribution in [3.8, 4) is 0 Å². The molecule has 3 atom stereocenters. The lowest BCUT2D eigenvalue weighted by atomic mass is 9.55. The topological polar surface area (TPSA) is 26.3 Å². The fourth-order valence-electron chi connectivity index (χ4n) is 4.98. The third-order valence-electron chi connectivity index (χ3n) is 6.54. The van der Waals surface area contributed by atoms with Crippen LogP contribution in [0.3, 0.4) is 0 Å². The summed E-state index contributed by atoms with van der Waals surface area (Å²) in [6.07, 6.45) is 13.9. The van der Waals surface area contributed by atoms with Gasteiger partial charge in [-0.25, -0.2) is 0 Å². The third-order valence-corrected chi connectivity index (χ3v) is 6.54. The minimum atomic E-state index is -0.224. The SMILES string of the molecule is COC1=CC2=CCC3C(=CC[C@]4(C)C(=O)CC=C34)[C@@]2(C)CC1. The molecule has 22 heavy (non-hydrogen) atoms. The quantitative estimate of drug-likeness (QED) is 0.666. The fourth-order valence-corrected chi connectivity index (χ4v) is 4.98. The van der Waals surface area contributed by atoms with E-state index in [1.54, 1.807) is 12.7 Å². The van der Waals surface area contributed by atoms with Crippen molar-refractivity contribution in [1.29, 1.82) is 0 Å². The van der Waals surface area contributed by atoms with Crippen LogP contribution in [0.4, 0.5) is 0 Å². The van der Waals surface area contributed by atoms with Gasteiger partial charge in [-0.3, -0.25) is 4.79 Å². The Balaban J connectivity index is 1.79. The van der Waals surface area contributed by atoms with Crippen LogP contribution >= 0.6 is 0 Å². The molecule has 0 aromatic heterocycles. The number of hydrogen-bond acceptors (Lipinski definition) is 2. The average molecular weight is 296 g/mol. The van der Waals surface area contributed by atoms with Gasteiger partial charge in [-0.2, -0.15) is 0 Å². The molecule has 0 saturated heterocycles. The lowest BCUT2D eigenvalue weighted by Crippen LogP contribution is -2.39. The number of methoxy groups -OCH3 is 1. The number of allylic oxidation sites excluding steroid dienone is 8. The predicted molar refractivity (Wildman–Crippen MR) is 87.1 cm³/mol. The number of hydrogen-bond donors (Lipinski definition) is 0. The van der Waals surface area contributed by atoms with Crippen molar-refractivity contribution in [3.05, 3.63) is 46.8 Å². The third kappa shape index (κ3) is 1.64. The van der Waals surface area contributed by atoms with Gasteiger partial charge in [0.05, 0.1) is 18.3 Å². The van der Waals surface area contributed by atoms with E-state index in [1.165, 1.54) is 11.1 Å². The summed E-state index contributed by atoms with van der Waals surface area (Å²) >= 11 is 0. The zero-order valence-corrected chi connectivity index (χ0v) is 13.7. The Labute approximate surface area is 132 Å². The second-order valence-corrected chi connectivity index (χ2v) is 7.58. The summed E-state index contributed by atoms with van der Waals surface area (Å²) in [7, 11) is 1.76. The smallest absolute Gasteiger partial charge is 0.146 e. The van der Waals surface area contributed by atoms with Crippen LogP contribution in [0.25, 0.3) is 0 Å². The van der Waals surface area contributed by atoms with Crippen LogP contribution < -0.4 is 0 Å². The van der Waals surface area contributed by atoms with Gasteiger partial charge < -0.3 is 4.74 Å². The maximum absolute atomic E-state index is 12.3. The standard InChI is InChI=1S/C20H24O2/c1-19-10-8-14(22-3)12-13(19)4-5-15-16-6-7-18(21)20(16,2)11-9-17(15)19/h4,6,9,12,15H,5,7-8,10-11H2,1-3H3/t15?,19-,20-/m0/s1. The molecule has 4 aliphatic carbocycles. The Kier molecular flexibility index (Phi) is 2.85. The molecule has 4 aliphatic rings. The number of rotatable bonds is 1. The summed E-state index contributed by atoms with van der Waals surface area (Å²) in [6, 6.07) is 0. The van der Waals surface area contributed by atoms with E-state index in [4.69, 9.17) is 4.74 Å². The van der Waals surface area contributed by atoms with Gasteiger partial charge in [0.15, 0.2) is 0 Å². The Hall–Kier alpha value is -1.57. The first kappa shape index (κ1) is 14.0. The van der Waals surface area contributed by atoms with Gasteiger partial charge in [0, 0.05) is 24.2 Å². The van der Waals surface area contributed by atoms with Gasteiger partial charge in [-0.1, -0.05) is 36.3 Å². The van der Waals surface area contributed by atoms with Crippen LogP contribution in [0.15, 0.2) is 46.8 Å². The molecule has 0 aliphatic heterocycles. The van der Waals surface area contributed by atoms with Gasteiger partial charge in [-0.15, -0.1) is 0 Å². The van der Waals surface area contributed by atoms with Crippen molar-refractivity contribution in [2.45, 2.75) is 46.0 Å². The molecule has 4 rings (SSSR count). The maximum atomic E-state index is 12.3. The Morgan fingerprint density at radius 3 is 2.68 bits per heavy atom. The molecule has 0 radical (unpaired) electrons. The molecular formula is C20H24O2. The number of fused-ring (bicyclic) bond motifs is 5. The van der Waals surface area contributed by atoms with Crippen molar-refractivity contribution in [3.63, 3.8) is 0 Å². The normalized spacial score (nSPS) is 39.8. The van der Waals surface area contributed by atoms with E-state index in [1.807, 2.05) is 0 Å². The van der Waals surface area contributed by atoms with E-state index in [9.17, 15) is 4.79 Å². The zero-order chi connectivity index (χ0) is 15.5. The first-order valence-corrected chi connectivity index (χ1v) is 8.38. The molecule has 0 fully saturated rings. The number of carbonyl (C=O) groups excluding carboxylic acids is 1. The highest BCUT2D eigenvalue weighted by Gasteiger charge is 2.51. The zero-order valence-electron chi connectivity index (χ0n) is 13.7. The van der Waals surface area contributed by atoms with E-state index in [2.05, 4.69) is 38.2 Å². The average Bonchev–Trinajstić information content (AvgIpc) is 2.82. The van der Waals surface area contributed by atoms with Crippen LogP contribution in [0.1, 0.15) is 46.0 Å². The molecule has 2 heteroatoms. The molecule has 116 valence electrons. The van der Waals surface area contributed by atoms with Gasteiger partial charge in [-0.05, 0) is 37.8 Å². The van der Waals surface area contributed by atoms with Crippen molar-refractivity contribution in [2.24, 2.45) is 16.7 Å². The highest BCUT2D eigenvalue weighted by molar-refractivity contribution is 5.93. The summed E-state index contributed by atoms with van der Waals surface area (Å²) < 4.78 is 5.47. The van der Waals surface area contributed by atoms with Crippen LogP contribution in [0, 0.1) is 16.7 Å². The van der Waals surface area contributed by atoms with E-state index in [0.717, 1.165) is 31.4 Å². The van der Waals surface area contributed by atoms with Crippen molar-refractivity contribution >= 4 is 5.78 Å². The summed E-state index contributed by atoms with van der Waals surface area (Å²) in [5.41, 5.74) is 4.26. The van der Waals surface area contributed by atoms with Crippen LogP contribution in [0.5, 0.6) is 0 Å². The molecule has 0 amide bonds. The molecular weight excluding hydrogens is 272 g/mol. The Bertz CT molecular complexity index is 676. The van der Waals surface area contributed by atoms with Crippen molar-refractivity contribution in [1.82, 2.24) is 0 Å². The van der Waals surface area contributed by atoms with Crippen LogP contribution in [-0.2, 0) is 9.53 Å². The van der Waals surface area contributed by atoms with Gasteiger partial charge in [0.25, 0.3) is 0 Å². The van der Waals surface area contributed by atoms with E-state index in [-0.39, 0.29) is 10.8 Å². The second-order valence-electron chi connectivity index (χ2n) is 7.58. The highest BCUT2D eigenvalue weighted by Crippen LogP contribution is 2.59.